The molecule has 2 rings (SSSR count). The lowest BCUT2D eigenvalue weighted by Crippen LogP contribution is -2.21. The Morgan fingerprint density at radius 2 is 1.69 bits per heavy atom. The highest BCUT2D eigenvalue weighted by atomic mass is 79.9. The third-order valence-electron chi connectivity index (χ3n) is 2.12. The predicted octanol–water partition coefficient (Wildman–Crippen LogP) is 2.22. The summed E-state index contributed by atoms with van der Waals surface area (Å²) in [6.45, 7) is 0. The summed E-state index contributed by atoms with van der Waals surface area (Å²) in [6.07, 6.45) is 0. The lowest BCUT2D eigenvalue weighted by molar-refractivity contribution is 0.603. The van der Waals surface area contributed by atoms with Crippen molar-refractivity contribution in [2.24, 2.45) is 5.14 Å². The maximum atomic E-state index is 11.0. The molecular formula is C10H9BrN2O2S. The largest absolute Gasteiger partial charge is 0.296 e. The zero-order chi connectivity index (χ0) is 11.8. The van der Waals surface area contributed by atoms with Crippen LogP contribution >= 0.6 is 15.9 Å². The fourth-order valence-corrected chi connectivity index (χ4v) is 2.47. The highest BCUT2D eigenvalue weighted by molar-refractivity contribution is 9.10. The van der Waals surface area contributed by atoms with E-state index in [1.165, 1.54) is 0 Å². The van der Waals surface area contributed by atoms with Crippen molar-refractivity contribution in [3.05, 3.63) is 40.9 Å². The molecule has 4 nitrogen and oxygen atoms in total. The summed E-state index contributed by atoms with van der Waals surface area (Å²) in [6, 6.07) is 10.9. The molecule has 0 aliphatic rings. The normalized spacial score (nSPS) is 11.6. The lowest BCUT2D eigenvalue weighted by atomic mass is 10.1. The molecule has 0 saturated heterocycles. The number of nitrogens with two attached hydrogens (primary N) is 1. The Morgan fingerprint density at radius 3 is 2.31 bits per heavy atom. The standard InChI is InChI=1S/C10H9BrN2O2S/c11-9-5-6-10(13-16(12,14)15)8-4-2-1-3-7(8)9/h1-6,13H,(H2,12,14,15). The molecule has 0 aliphatic heterocycles. The SMILES string of the molecule is NS(=O)(=O)Nc1ccc(Br)c2ccccc12. The molecule has 16 heavy (non-hydrogen) atoms. The lowest BCUT2D eigenvalue weighted by Gasteiger charge is -2.08. The number of rotatable bonds is 2. The molecule has 0 spiro atoms. The second-order valence-electron chi connectivity index (χ2n) is 3.29. The van der Waals surface area contributed by atoms with E-state index in [9.17, 15) is 8.42 Å². The van der Waals surface area contributed by atoms with Crippen LogP contribution in [0.1, 0.15) is 0 Å². The van der Waals surface area contributed by atoms with E-state index in [0.29, 0.717) is 5.69 Å². The van der Waals surface area contributed by atoms with E-state index in [1.807, 2.05) is 24.3 Å². The predicted molar refractivity (Wildman–Crippen MR) is 68.4 cm³/mol. The minimum Gasteiger partial charge on any atom is -0.271 e. The van der Waals surface area contributed by atoms with Gasteiger partial charge in [-0.25, -0.2) is 5.14 Å². The van der Waals surface area contributed by atoms with E-state index < -0.39 is 10.2 Å². The summed E-state index contributed by atoms with van der Waals surface area (Å²) >= 11 is 3.40. The van der Waals surface area contributed by atoms with Gasteiger partial charge >= 0.3 is 0 Å². The maximum Gasteiger partial charge on any atom is 0.296 e. The molecule has 0 fully saturated rings. The summed E-state index contributed by atoms with van der Waals surface area (Å²) in [5.41, 5.74) is 0.473. The third kappa shape index (κ3) is 2.34. The number of anilines is 1. The molecule has 0 atom stereocenters. The number of hydrogen-bond donors (Lipinski definition) is 2. The first-order chi connectivity index (χ1) is 7.47. The topological polar surface area (TPSA) is 72.2 Å². The van der Waals surface area contributed by atoms with Crippen molar-refractivity contribution in [3.63, 3.8) is 0 Å². The second-order valence-corrected chi connectivity index (χ2v) is 5.44. The first-order valence-electron chi connectivity index (χ1n) is 4.45. The molecular weight excluding hydrogens is 292 g/mol. The van der Waals surface area contributed by atoms with Crippen LogP contribution in [0.3, 0.4) is 0 Å². The quantitative estimate of drug-likeness (QED) is 0.892. The van der Waals surface area contributed by atoms with Crippen LogP contribution in [0.15, 0.2) is 40.9 Å². The molecule has 2 aromatic rings. The average Bonchev–Trinajstić information content (AvgIpc) is 2.21. The van der Waals surface area contributed by atoms with Crippen LogP contribution in [0.25, 0.3) is 10.8 Å². The summed E-state index contributed by atoms with van der Waals surface area (Å²) in [5.74, 6) is 0. The molecule has 0 bridgehead atoms. The van der Waals surface area contributed by atoms with Crippen molar-refractivity contribution >= 4 is 42.6 Å². The van der Waals surface area contributed by atoms with E-state index in [0.717, 1.165) is 15.2 Å². The fraction of sp³-hybridized carbons (Fsp3) is 0. The van der Waals surface area contributed by atoms with Gasteiger partial charge in [-0.1, -0.05) is 40.2 Å². The molecule has 6 heteroatoms. The number of benzene rings is 2. The summed E-state index contributed by atoms with van der Waals surface area (Å²) in [5, 5.41) is 6.67. The van der Waals surface area contributed by atoms with Crippen molar-refractivity contribution in [1.82, 2.24) is 0 Å². The number of nitrogens with one attached hydrogen (secondary N) is 1. The van der Waals surface area contributed by atoms with Gasteiger partial charge < -0.3 is 0 Å². The highest BCUT2D eigenvalue weighted by Crippen LogP contribution is 2.30. The first kappa shape index (κ1) is 11.4. The molecule has 2 aromatic carbocycles. The van der Waals surface area contributed by atoms with Gasteiger partial charge in [0, 0.05) is 9.86 Å². The van der Waals surface area contributed by atoms with Gasteiger partial charge in [-0.3, -0.25) is 4.72 Å². The minimum atomic E-state index is -3.75. The van der Waals surface area contributed by atoms with Gasteiger partial charge in [0.2, 0.25) is 0 Å². The first-order valence-corrected chi connectivity index (χ1v) is 6.79. The summed E-state index contributed by atoms with van der Waals surface area (Å²) < 4.78 is 25.2. The smallest absolute Gasteiger partial charge is 0.271 e. The Labute approximate surface area is 102 Å². The molecule has 0 radical (unpaired) electrons. The minimum absolute atomic E-state index is 0.473. The van der Waals surface area contributed by atoms with E-state index in [2.05, 4.69) is 20.7 Å². The van der Waals surface area contributed by atoms with Crippen LogP contribution in [-0.4, -0.2) is 8.42 Å². The number of hydrogen-bond acceptors (Lipinski definition) is 2. The number of halogens is 1. The Bertz CT molecular complexity index is 640. The zero-order valence-electron chi connectivity index (χ0n) is 8.14. The van der Waals surface area contributed by atoms with Crippen molar-refractivity contribution in [3.8, 4) is 0 Å². The Morgan fingerprint density at radius 1 is 1.06 bits per heavy atom. The van der Waals surface area contributed by atoms with Crippen molar-refractivity contribution in [2.75, 3.05) is 4.72 Å². The average molecular weight is 301 g/mol. The third-order valence-corrected chi connectivity index (χ3v) is 3.32. The van der Waals surface area contributed by atoms with Gasteiger partial charge in [-0.05, 0) is 17.5 Å². The summed E-state index contributed by atoms with van der Waals surface area (Å²) in [7, 11) is -3.75. The van der Waals surface area contributed by atoms with E-state index in [4.69, 9.17) is 5.14 Å². The fourth-order valence-electron chi connectivity index (χ4n) is 1.50. The molecule has 0 unspecified atom stereocenters. The van der Waals surface area contributed by atoms with E-state index in [1.54, 1.807) is 12.1 Å². The highest BCUT2D eigenvalue weighted by Gasteiger charge is 2.07. The zero-order valence-corrected chi connectivity index (χ0v) is 10.5. The van der Waals surface area contributed by atoms with Crippen molar-refractivity contribution in [2.45, 2.75) is 0 Å². The van der Waals surface area contributed by atoms with Crippen LogP contribution in [0, 0.1) is 0 Å². The van der Waals surface area contributed by atoms with Gasteiger partial charge in [-0.15, -0.1) is 0 Å². The van der Waals surface area contributed by atoms with Gasteiger partial charge in [0.05, 0.1) is 5.69 Å². The van der Waals surface area contributed by atoms with Gasteiger partial charge in [0.1, 0.15) is 0 Å². The molecule has 3 N–H and O–H groups in total. The van der Waals surface area contributed by atoms with Crippen LogP contribution < -0.4 is 9.86 Å². The molecule has 0 aromatic heterocycles. The number of fused-ring (bicyclic) bond motifs is 1. The maximum absolute atomic E-state index is 11.0. The Balaban J connectivity index is 2.68. The molecule has 0 amide bonds. The van der Waals surface area contributed by atoms with Crippen molar-refractivity contribution < 1.29 is 8.42 Å². The Hall–Kier alpha value is -1.11. The summed E-state index contributed by atoms with van der Waals surface area (Å²) in [4.78, 5) is 0. The molecule has 0 heterocycles. The van der Waals surface area contributed by atoms with Crippen LogP contribution in [0.4, 0.5) is 5.69 Å². The molecule has 0 saturated carbocycles. The van der Waals surface area contributed by atoms with Gasteiger partial charge in [0.15, 0.2) is 0 Å². The van der Waals surface area contributed by atoms with Gasteiger partial charge in [-0.2, -0.15) is 8.42 Å². The van der Waals surface area contributed by atoms with Crippen molar-refractivity contribution in [1.29, 1.82) is 0 Å². The van der Waals surface area contributed by atoms with Crippen LogP contribution in [0.2, 0.25) is 0 Å². The molecule has 0 aliphatic carbocycles. The van der Waals surface area contributed by atoms with E-state index >= 15 is 0 Å². The van der Waals surface area contributed by atoms with Crippen LogP contribution in [-0.2, 0) is 10.2 Å². The molecule has 84 valence electrons. The monoisotopic (exact) mass is 300 g/mol. The second kappa shape index (κ2) is 4.04. The Kier molecular flexibility index (Phi) is 2.88. The van der Waals surface area contributed by atoms with Crippen LogP contribution in [0.5, 0.6) is 0 Å². The van der Waals surface area contributed by atoms with Gasteiger partial charge in [0.25, 0.3) is 10.2 Å². The van der Waals surface area contributed by atoms with E-state index in [-0.39, 0.29) is 0 Å².